The maximum absolute atomic E-state index is 13.9. The van der Waals surface area contributed by atoms with E-state index in [1.807, 2.05) is 4.90 Å². The van der Waals surface area contributed by atoms with Crippen molar-refractivity contribution in [1.29, 1.82) is 0 Å². The fourth-order valence-electron chi connectivity index (χ4n) is 3.05. The van der Waals surface area contributed by atoms with E-state index in [0.717, 1.165) is 6.42 Å². The van der Waals surface area contributed by atoms with Crippen LogP contribution in [0.2, 0.25) is 0 Å². The Morgan fingerprint density at radius 3 is 2.81 bits per heavy atom. The van der Waals surface area contributed by atoms with Gasteiger partial charge in [-0.2, -0.15) is 13.2 Å². The molecule has 0 amide bonds. The van der Waals surface area contributed by atoms with Crippen LogP contribution in [0.25, 0.3) is 0 Å². The Balaban J connectivity index is 0.00000341. The monoisotopic (exact) mass is 554 g/mol. The van der Waals surface area contributed by atoms with Crippen LogP contribution in [0.4, 0.5) is 23.4 Å². The van der Waals surface area contributed by atoms with Gasteiger partial charge in [-0.3, -0.25) is 4.99 Å². The van der Waals surface area contributed by atoms with E-state index >= 15 is 0 Å². The molecule has 1 unspecified atom stereocenters. The Bertz CT molecular complexity index is 882. The molecular formula is C19H23F4IN6O. The van der Waals surface area contributed by atoms with Gasteiger partial charge in [-0.1, -0.05) is 0 Å². The van der Waals surface area contributed by atoms with Crippen LogP contribution in [0.1, 0.15) is 12.0 Å². The number of nitrogens with zero attached hydrogens (tertiary/aromatic N) is 4. The molecule has 7 nitrogen and oxygen atoms in total. The van der Waals surface area contributed by atoms with Gasteiger partial charge in [-0.25, -0.2) is 14.4 Å². The van der Waals surface area contributed by atoms with Crippen LogP contribution in [0.15, 0.2) is 41.7 Å². The largest absolute Gasteiger partial charge is 0.468 e. The van der Waals surface area contributed by atoms with Crippen molar-refractivity contribution in [1.82, 2.24) is 20.6 Å². The van der Waals surface area contributed by atoms with Crippen molar-refractivity contribution in [2.45, 2.75) is 25.2 Å². The predicted molar refractivity (Wildman–Crippen MR) is 119 cm³/mol. The molecule has 12 heteroatoms. The summed E-state index contributed by atoms with van der Waals surface area (Å²) in [6, 6.07) is 6.08. The fraction of sp³-hybridized carbons (Fsp3) is 0.421. The van der Waals surface area contributed by atoms with Crippen LogP contribution in [0.5, 0.6) is 5.88 Å². The second-order valence-corrected chi connectivity index (χ2v) is 6.72. The molecule has 3 rings (SSSR count). The van der Waals surface area contributed by atoms with E-state index in [-0.39, 0.29) is 41.7 Å². The maximum Gasteiger partial charge on any atom is 0.422 e. The number of nitrogens with one attached hydrogen (secondary N) is 2. The average Bonchev–Trinajstić information content (AvgIpc) is 3.18. The van der Waals surface area contributed by atoms with Crippen molar-refractivity contribution in [3.05, 3.63) is 48.0 Å². The van der Waals surface area contributed by atoms with Gasteiger partial charge in [0.1, 0.15) is 0 Å². The molecule has 2 aromatic heterocycles. The second kappa shape index (κ2) is 11.3. The molecule has 2 N–H and O–H groups in total. The van der Waals surface area contributed by atoms with Crippen molar-refractivity contribution < 1.29 is 22.3 Å². The number of ether oxygens (including phenoxy) is 1. The fourth-order valence-corrected chi connectivity index (χ4v) is 3.05. The van der Waals surface area contributed by atoms with Crippen LogP contribution in [0, 0.1) is 5.82 Å². The van der Waals surface area contributed by atoms with Gasteiger partial charge in [0, 0.05) is 51.2 Å². The first-order chi connectivity index (χ1) is 14.3. The molecule has 170 valence electrons. The lowest BCUT2D eigenvalue weighted by molar-refractivity contribution is -0.154. The number of hydrogen-bond acceptors (Lipinski definition) is 5. The third-order valence-electron chi connectivity index (χ3n) is 4.43. The first-order valence-corrected chi connectivity index (χ1v) is 9.31. The molecule has 0 aliphatic carbocycles. The summed E-state index contributed by atoms with van der Waals surface area (Å²) in [4.78, 5) is 13.9. The molecule has 1 aliphatic rings. The lowest BCUT2D eigenvalue weighted by Gasteiger charge is -2.20. The number of aliphatic imine (C=N–C) groups is 1. The molecule has 0 aromatic carbocycles. The Labute approximate surface area is 194 Å². The van der Waals surface area contributed by atoms with Gasteiger partial charge in [-0.15, -0.1) is 24.0 Å². The highest BCUT2D eigenvalue weighted by Gasteiger charge is 2.29. The highest BCUT2D eigenvalue weighted by molar-refractivity contribution is 14.0. The zero-order valence-electron chi connectivity index (χ0n) is 16.7. The molecule has 0 spiro atoms. The molecule has 31 heavy (non-hydrogen) atoms. The lowest BCUT2D eigenvalue weighted by atomic mass is 10.2. The molecule has 2 aromatic rings. The molecular weight excluding hydrogens is 531 g/mol. The number of guanidine groups is 1. The first kappa shape index (κ1) is 24.9. The highest BCUT2D eigenvalue weighted by Crippen LogP contribution is 2.21. The minimum absolute atomic E-state index is 0. The quantitative estimate of drug-likeness (QED) is 0.248. The smallest absolute Gasteiger partial charge is 0.422 e. The van der Waals surface area contributed by atoms with E-state index in [2.05, 4.69) is 30.3 Å². The molecule has 1 fully saturated rings. The summed E-state index contributed by atoms with van der Waals surface area (Å²) in [6.07, 6.45) is -0.702. The predicted octanol–water partition coefficient (Wildman–Crippen LogP) is 3.12. The van der Waals surface area contributed by atoms with Crippen molar-refractivity contribution in [3.8, 4) is 5.88 Å². The van der Waals surface area contributed by atoms with Crippen molar-refractivity contribution >= 4 is 35.8 Å². The van der Waals surface area contributed by atoms with Gasteiger partial charge in [0.15, 0.2) is 24.2 Å². The van der Waals surface area contributed by atoms with Crippen molar-refractivity contribution in [2.24, 2.45) is 4.99 Å². The van der Waals surface area contributed by atoms with E-state index in [9.17, 15) is 17.6 Å². The van der Waals surface area contributed by atoms with Gasteiger partial charge >= 0.3 is 6.18 Å². The highest BCUT2D eigenvalue weighted by atomic mass is 127. The zero-order valence-corrected chi connectivity index (χ0v) is 19.0. The molecule has 1 atom stereocenters. The van der Waals surface area contributed by atoms with E-state index < -0.39 is 12.8 Å². The Morgan fingerprint density at radius 2 is 2.10 bits per heavy atom. The standard InChI is InChI=1S/C19H22F4N6O.HI/c1-24-18(27-10-13-4-7-25-16(9-13)30-12-19(21,22)23)28-14-5-8-29(11-14)17-15(20)3-2-6-26-17;/h2-4,6-7,9,14H,5,8,10-12H2,1H3,(H2,24,27,28);1H. The zero-order chi connectivity index (χ0) is 21.6. The van der Waals surface area contributed by atoms with Gasteiger partial charge in [0.05, 0.1) is 0 Å². The normalized spacial score (nSPS) is 16.6. The van der Waals surface area contributed by atoms with Gasteiger partial charge in [-0.05, 0) is 30.2 Å². The number of rotatable bonds is 6. The molecule has 0 radical (unpaired) electrons. The lowest BCUT2D eigenvalue weighted by Crippen LogP contribution is -2.44. The van der Waals surface area contributed by atoms with Crippen LogP contribution in [-0.4, -0.2) is 54.9 Å². The van der Waals surface area contributed by atoms with Gasteiger partial charge in [0.2, 0.25) is 5.88 Å². The van der Waals surface area contributed by atoms with Crippen LogP contribution in [-0.2, 0) is 6.54 Å². The molecule has 1 aliphatic heterocycles. The third-order valence-corrected chi connectivity index (χ3v) is 4.43. The number of aromatic nitrogens is 2. The van der Waals surface area contributed by atoms with Gasteiger partial charge < -0.3 is 20.3 Å². The minimum Gasteiger partial charge on any atom is -0.468 e. The van der Waals surface area contributed by atoms with Crippen LogP contribution >= 0.6 is 24.0 Å². The summed E-state index contributed by atoms with van der Waals surface area (Å²) in [5, 5.41) is 6.37. The Kier molecular flexibility index (Phi) is 9.07. The van der Waals surface area contributed by atoms with Crippen molar-refractivity contribution in [2.75, 3.05) is 31.6 Å². The Morgan fingerprint density at radius 1 is 1.29 bits per heavy atom. The number of alkyl halides is 3. The number of anilines is 1. The minimum atomic E-state index is -4.42. The summed E-state index contributed by atoms with van der Waals surface area (Å²) in [5.74, 6) is 0.395. The summed E-state index contributed by atoms with van der Waals surface area (Å²) < 4.78 is 55.4. The molecule has 0 bridgehead atoms. The van der Waals surface area contributed by atoms with E-state index in [1.54, 1.807) is 25.4 Å². The van der Waals surface area contributed by atoms with E-state index in [1.165, 1.54) is 18.3 Å². The topological polar surface area (TPSA) is 74.7 Å². The van der Waals surface area contributed by atoms with Crippen molar-refractivity contribution in [3.63, 3.8) is 0 Å². The van der Waals surface area contributed by atoms with Gasteiger partial charge in [0.25, 0.3) is 0 Å². The average molecular weight is 554 g/mol. The molecule has 3 heterocycles. The first-order valence-electron chi connectivity index (χ1n) is 9.31. The summed E-state index contributed by atoms with van der Waals surface area (Å²) in [6.45, 7) is 0.150. The molecule has 1 saturated heterocycles. The van der Waals surface area contributed by atoms with Crippen LogP contribution < -0.4 is 20.3 Å². The van der Waals surface area contributed by atoms with Crippen LogP contribution in [0.3, 0.4) is 0 Å². The SMILES string of the molecule is CN=C(NCc1ccnc(OCC(F)(F)F)c1)NC1CCN(c2ncccc2F)C1.I. The van der Waals surface area contributed by atoms with E-state index in [0.29, 0.717) is 37.0 Å². The number of halogens is 5. The molecule has 0 saturated carbocycles. The number of hydrogen-bond donors (Lipinski definition) is 2. The summed E-state index contributed by atoms with van der Waals surface area (Å²) in [7, 11) is 1.62. The third kappa shape index (κ3) is 7.67. The summed E-state index contributed by atoms with van der Waals surface area (Å²) >= 11 is 0. The maximum atomic E-state index is 13.9. The second-order valence-electron chi connectivity index (χ2n) is 6.72. The Hall–Kier alpha value is -2.38. The summed E-state index contributed by atoms with van der Waals surface area (Å²) in [5.41, 5.74) is 0.689. The number of pyridine rings is 2. The van der Waals surface area contributed by atoms with E-state index in [4.69, 9.17) is 0 Å².